The Labute approximate surface area is 139 Å². The zero-order chi connectivity index (χ0) is 16.9. The maximum absolute atomic E-state index is 12.6. The summed E-state index contributed by atoms with van der Waals surface area (Å²) in [6, 6.07) is 19.5. The zero-order valence-corrected chi connectivity index (χ0v) is 13.1. The summed E-state index contributed by atoms with van der Waals surface area (Å²) < 4.78 is 6.63. The summed E-state index contributed by atoms with van der Waals surface area (Å²) in [6.45, 7) is 1.82. The number of carbonyl (C=O) groups excluding carboxylic acids is 1. The van der Waals surface area contributed by atoms with Crippen molar-refractivity contribution >= 4 is 5.91 Å². The normalized spacial score (nSPS) is 11.3. The number of aryl methyl sites for hydroxylation is 1. The predicted molar refractivity (Wildman–Crippen MR) is 89.2 cm³/mol. The molecule has 5 nitrogen and oxygen atoms in total. The molecule has 24 heavy (non-hydrogen) atoms. The number of carbonyl (C=O) groups is 1. The number of hydrogen-bond donors (Lipinski definition) is 1. The highest BCUT2D eigenvalue weighted by Crippen LogP contribution is 2.28. The first-order chi connectivity index (χ1) is 11.6. The highest BCUT2D eigenvalue weighted by atomic mass is 16.5. The van der Waals surface area contributed by atoms with E-state index in [9.17, 15) is 10.0 Å². The van der Waals surface area contributed by atoms with E-state index >= 15 is 0 Å². The number of para-hydroxylation sites is 1. The smallest absolute Gasteiger partial charge is 0.283 e. The van der Waals surface area contributed by atoms with E-state index in [-0.39, 0.29) is 5.49 Å². The molecule has 120 valence electrons. The molecule has 0 aliphatic heterocycles. The first-order valence-corrected chi connectivity index (χ1v) is 7.43. The molecule has 3 rings (SSSR count). The Morgan fingerprint density at radius 1 is 1.00 bits per heavy atom. The first kappa shape index (κ1) is 15.6. The Kier molecular flexibility index (Phi) is 4.43. The Balaban J connectivity index is 2.03. The van der Waals surface area contributed by atoms with Crippen molar-refractivity contribution in [2.45, 2.75) is 6.92 Å². The molecule has 0 spiro atoms. The van der Waals surface area contributed by atoms with E-state index in [0.29, 0.717) is 17.1 Å². The molecule has 0 atom stereocenters. The molecule has 1 aromatic heterocycles. The molecule has 0 radical (unpaired) electrons. The quantitative estimate of drug-likeness (QED) is 0.750. The maximum atomic E-state index is 12.6. The van der Waals surface area contributed by atoms with Gasteiger partial charge in [-0.1, -0.05) is 36.4 Å². The summed E-state index contributed by atoms with van der Waals surface area (Å²) in [4.78, 5) is 16.6. The minimum atomic E-state index is -0.479. The van der Waals surface area contributed by atoms with Gasteiger partial charge in [-0.2, -0.15) is 9.72 Å². The van der Waals surface area contributed by atoms with Crippen molar-refractivity contribution in [2.24, 2.45) is 4.99 Å². The van der Waals surface area contributed by atoms with Crippen LogP contribution in [0.2, 0.25) is 0 Å². The second-order valence-corrected chi connectivity index (χ2v) is 5.18. The van der Waals surface area contributed by atoms with Gasteiger partial charge in [0.2, 0.25) is 0 Å². The van der Waals surface area contributed by atoms with Crippen LogP contribution in [0.3, 0.4) is 0 Å². The molecule has 1 heterocycles. The second kappa shape index (κ2) is 6.83. The van der Waals surface area contributed by atoms with Crippen molar-refractivity contribution in [1.29, 1.82) is 0 Å². The lowest BCUT2D eigenvalue weighted by Crippen LogP contribution is -2.19. The summed E-state index contributed by atoms with van der Waals surface area (Å²) in [5.41, 5.74) is 1.26. The standard InChI is InChI=1S/C19H16N2O3/c1-14-8-7-11-16(24-15-9-3-2-4-10-15)18(14)19(22)20-17-12-5-6-13-21(17)23/h2-13,23H,1H3. The highest BCUT2D eigenvalue weighted by Gasteiger charge is 2.15. The van der Waals surface area contributed by atoms with Crippen molar-refractivity contribution < 1.29 is 14.7 Å². The summed E-state index contributed by atoms with van der Waals surface area (Å²) >= 11 is 0. The average Bonchev–Trinajstić information content (AvgIpc) is 2.58. The van der Waals surface area contributed by atoms with Crippen molar-refractivity contribution in [2.75, 3.05) is 0 Å². The van der Waals surface area contributed by atoms with E-state index in [0.717, 1.165) is 10.3 Å². The number of benzene rings is 2. The Bertz CT molecular complexity index is 931. The van der Waals surface area contributed by atoms with Crippen LogP contribution >= 0.6 is 0 Å². The third kappa shape index (κ3) is 3.35. The molecule has 0 unspecified atom stereocenters. The minimum Gasteiger partial charge on any atom is -0.457 e. The minimum absolute atomic E-state index is 0.149. The molecular weight excluding hydrogens is 304 g/mol. The lowest BCUT2D eigenvalue weighted by atomic mass is 10.1. The Morgan fingerprint density at radius 2 is 1.75 bits per heavy atom. The van der Waals surface area contributed by atoms with Gasteiger partial charge in [0.1, 0.15) is 11.5 Å². The molecule has 5 heteroatoms. The molecule has 2 aromatic carbocycles. The molecular formula is C19H16N2O3. The number of amides is 1. The molecule has 0 bridgehead atoms. The van der Waals surface area contributed by atoms with E-state index < -0.39 is 5.91 Å². The van der Waals surface area contributed by atoms with Crippen molar-refractivity contribution in [3.63, 3.8) is 0 Å². The maximum Gasteiger partial charge on any atom is 0.283 e. The molecule has 1 amide bonds. The van der Waals surface area contributed by atoms with Gasteiger partial charge in [-0.25, -0.2) is 0 Å². The summed E-state index contributed by atoms with van der Waals surface area (Å²) in [5.74, 6) is 0.581. The van der Waals surface area contributed by atoms with Crippen LogP contribution in [0.4, 0.5) is 0 Å². The summed E-state index contributed by atoms with van der Waals surface area (Å²) in [7, 11) is 0. The van der Waals surface area contributed by atoms with Crippen LogP contribution in [0.5, 0.6) is 11.5 Å². The van der Waals surface area contributed by atoms with Crippen LogP contribution < -0.4 is 10.2 Å². The van der Waals surface area contributed by atoms with Gasteiger partial charge in [-0.05, 0) is 42.8 Å². The van der Waals surface area contributed by atoms with Gasteiger partial charge in [-0.3, -0.25) is 4.79 Å². The van der Waals surface area contributed by atoms with Crippen molar-refractivity contribution in [3.8, 4) is 11.5 Å². The molecule has 0 saturated carbocycles. The monoisotopic (exact) mass is 320 g/mol. The molecule has 0 fully saturated rings. The SMILES string of the molecule is Cc1cccc(Oc2ccccc2)c1C(=O)N=c1ccccn1O. The third-order valence-corrected chi connectivity index (χ3v) is 3.45. The van der Waals surface area contributed by atoms with Crippen LogP contribution in [0.1, 0.15) is 15.9 Å². The predicted octanol–water partition coefficient (Wildman–Crippen LogP) is 3.57. The zero-order valence-electron chi connectivity index (χ0n) is 13.1. The number of nitrogens with zero attached hydrogens (tertiary/aromatic N) is 2. The Morgan fingerprint density at radius 3 is 2.50 bits per heavy atom. The number of pyridine rings is 1. The van der Waals surface area contributed by atoms with Gasteiger partial charge in [0, 0.05) is 6.20 Å². The topological polar surface area (TPSA) is 63.8 Å². The van der Waals surface area contributed by atoms with E-state index in [4.69, 9.17) is 4.74 Å². The highest BCUT2D eigenvalue weighted by molar-refractivity contribution is 5.99. The van der Waals surface area contributed by atoms with Gasteiger partial charge in [0.05, 0.1) is 5.56 Å². The molecule has 0 aliphatic rings. The number of rotatable bonds is 3. The third-order valence-electron chi connectivity index (χ3n) is 3.45. The van der Waals surface area contributed by atoms with Gasteiger partial charge < -0.3 is 9.94 Å². The van der Waals surface area contributed by atoms with Gasteiger partial charge in [-0.15, -0.1) is 0 Å². The Hall–Kier alpha value is -3.34. The van der Waals surface area contributed by atoms with E-state index in [1.165, 1.54) is 6.20 Å². The lowest BCUT2D eigenvalue weighted by Gasteiger charge is -2.11. The van der Waals surface area contributed by atoms with Gasteiger partial charge >= 0.3 is 0 Å². The molecule has 0 aliphatic carbocycles. The van der Waals surface area contributed by atoms with Crippen LogP contribution in [-0.2, 0) is 0 Å². The van der Waals surface area contributed by atoms with Crippen LogP contribution in [0, 0.1) is 6.92 Å². The van der Waals surface area contributed by atoms with E-state index in [2.05, 4.69) is 4.99 Å². The average molecular weight is 320 g/mol. The number of aromatic nitrogens is 1. The van der Waals surface area contributed by atoms with Crippen LogP contribution in [0.15, 0.2) is 77.9 Å². The lowest BCUT2D eigenvalue weighted by molar-refractivity contribution is 0.0985. The van der Waals surface area contributed by atoms with Gasteiger partial charge in [0.25, 0.3) is 5.91 Å². The molecule has 0 saturated heterocycles. The second-order valence-electron chi connectivity index (χ2n) is 5.18. The largest absolute Gasteiger partial charge is 0.457 e. The van der Waals surface area contributed by atoms with E-state index in [1.807, 2.05) is 49.4 Å². The summed E-state index contributed by atoms with van der Waals surface area (Å²) in [6.07, 6.45) is 1.41. The fraction of sp³-hybridized carbons (Fsp3) is 0.0526. The van der Waals surface area contributed by atoms with Crippen LogP contribution in [-0.4, -0.2) is 15.8 Å². The molecule has 3 aromatic rings. The van der Waals surface area contributed by atoms with Gasteiger partial charge in [0.15, 0.2) is 5.49 Å². The number of hydrogen-bond acceptors (Lipinski definition) is 3. The fourth-order valence-corrected chi connectivity index (χ4v) is 2.29. The number of ether oxygens (including phenoxy) is 1. The van der Waals surface area contributed by atoms with Crippen molar-refractivity contribution in [3.05, 3.63) is 89.5 Å². The van der Waals surface area contributed by atoms with Crippen LogP contribution in [0.25, 0.3) is 0 Å². The fourth-order valence-electron chi connectivity index (χ4n) is 2.29. The molecule has 1 N–H and O–H groups in total. The first-order valence-electron chi connectivity index (χ1n) is 7.43. The summed E-state index contributed by atoms with van der Waals surface area (Å²) in [5, 5.41) is 9.72. The van der Waals surface area contributed by atoms with E-state index in [1.54, 1.807) is 24.3 Å². The van der Waals surface area contributed by atoms with Crippen molar-refractivity contribution in [1.82, 2.24) is 4.73 Å².